The van der Waals surface area contributed by atoms with Crippen LogP contribution in [0.3, 0.4) is 0 Å². The highest BCUT2D eigenvalue weighted by atomic mass is 79.9. The largest absolute Gasteiger partial charge is 0.381 e. The van der Waals surface area contributed by atoms with Crippen LogP contribution >= 0.6 is 31.9 Å². The van der Waals surface area contributed by atoms with Gasteiger partial charge in [0.2, 0.25) is 0 Å². The Hall–Kier alpha value is -1.20. The van der Waals surface area contributed by atoms with Crippen molar-refractivity contribution in [2.45, 2.75) is 24.8 Å². The summed E-state index contributed by atoms with van der Waals surface area (Å²) in [6.45, 7) is 2.54. The van der Waals surface area contributed by atoms with E-state index in [9.17, 15) is 8.42 Å². The molecule has 0 radical (unpaired) electrons. The number of halogens is 2. The monoisotopic (exact) mass is 438 g/mol. The van der Waals surface area contributed by atoms with Crippen LogP contribution in [0.1, 0.15) is 13.3 Å². The van der Waals surface area contributed by atoms with Gasteiger partial charge in [0.15, 0.2) is 16.2 Å². The van der Waals surface area contributed by atoms with Gasteiger partial charge in [0.25, 0.3) is 10.0 Å². The highest BCUT2D eigenvalue weighted by Gasteiger charge is 2.23. The maximum atomic E-state index is 12.3. The summed E-state index contributed by atoms with van der Waals surface area (Å²) in [5.41, 5.74) is 5.67. The lowest BCUT2D eigenvalue weighted by molar-refractivity contribution is 0.595. The summed E-state index contributed by atoms with van der Waals surface area (Å²) in [5.74, 6) is 0.0120. The Morgan fingerprint density at radius 2 is 2.14 bits per heavy atom. The molecule has 0 unspecified atom stereocenters. The van der Waals surface area contributed by atoms with Crippen molar-refractivity contribution >= 4 is 53.5 Å². The molecule has 114 valence electrons. The van der Waals surface area contributed by atoms with Gasteiger partial charge < -0.3 is 5.73 Å². The van der Waals surface area contributed by atoms with E-state index in [2.05, 4.69) is 51.6 Å². The minimum Gasteiger partial charge on any atom is -0.381 e. The molecule has 0 saturated heterocycles. The van der Waals surface area contributed by atoms with Gasteiger partial charge in [0.1, 0.15) is 9.50 Å². The number of nitrogens with zero attached hydrogens (tertiary/aromatic N) is 4. The van der Waals surface area contributed by atoms with E-state index in [0.29, 0.717) is 11.1 Å². The van der Waals surface area contributed by atoms with Crippen molar-refractivity contribution in [2.75, 3.05) is 10.5 Å². The van der Waals surface area contributed by atoms with E-state index in [1.54, 1.807) is 0 Å². The predicted octanol–water partition coefficient (Wildman–Crippen LogP) is 1.99. The predicted molar refractivity (Wildman–Crippen MR) is 85.2 cm³/mol. The molecule has 2 aromatic heterocycles. The van der Waals surface area contributed by atoms with Crippen LogP contribution in [0.5, 0.6) is 0 Å². The molecular weight excluding hydrogens is 428 g/mol. The van der Waals surface area contributed by atoms with E-state index >= 15 is 0 Å². The number of aromatic nitrogens is 4. The van der Waals surface area contributed by atoms with Crippen molar-refractivity contribution in [1.82, 2.24) is 19.7 Å². The molecule has 2 heterocycles. The van der Waals surface area contributed by atoms with Gasteiger partial charge in [0.05, 0.1) is 6.20 Å². The quantitative estimate of drug-likeness (QED) is 0.735. The third kappa shape index (κ3) is 3.71. The molecule has 8 nitrogen and oxygen atoms in total. The van der Waals surface area contributed by atoms with Crippen molar-refractivity contribution in [3.05, 3.63) is 21.6 Å². The Kier molecular flexibility index (Phi) is 4.84. The summed E-state index contributed by atoms with van der Waals surface area (Å²) in [6, 6.07) is 0. The van der Waals surface area contributed by atoms with Gasteiger partial charge in [-0.15, -0.1) is 0 Å². The number of aryl methyl sites for hydroxylation is 1. The van der Waals surface area contributed by atoms with Crippen molar-refractivity contribution < 1.29 is 8.42 Å². The molecule has 0 aromatic carbocycles. The number of hydrogen-bond donors (Lipinski definition) is 2. The van der Waals surface area contributed by atoms with Crippen LogP contribution in [0.2, 0.25) is 0 Å². The maximum Gasteiger partial charge on any atom is 0.268 e. The SMILES string of the molecule is CCCn1cc(S(=O)(=O)Nc2ncc(Br)nc2Br)c(N)n1. The second-order valence-electron chi connectivity index (χ2n) is 4.08. The van der Waals surface area contributed by atoms with Crippen molar-refractivity contribution in [3.8, 4) is 0 Å². The van der Waals surface area contributed by atoms with E-state index in [1.807, 2.05) is 6.92 Å². The van der Waals surface area contributed by atoms with Crippen LogP contribution in [-0.2, 0) is 16.6 Å². The molecule has 11 heteroatoms. The summed E-state index contributed by atoms with van der Waals surface area (Å²) < 4.78 is 29.2. The first-order valence-corrected chi connectivity index (χ1v) is 8.94. The van der Waals surface area contributed by atoms with Gasteiger partial charge in [-0.05, 0) is 38.3 Å². The first-order valence-electron chi connectivity index (χ1n) is 5.87. The van der Waals surface area contributed by atoms with E-state index < -0.39 is 10.0 Å². The molecule has 3 N–H and O–H groups in total. The van der Waals surface area contributed by atoms with E-state index in [0.717, 1.165) is 6.42 Å². The minimum absolute atomic E-state index is 0.0582. The molecule has 0 aliphatic heterocycles. The number of nitrogens with two attached hydrogens (primary N) is 1. The Balaban J connectivity index is 2.34. The first kappa shape index (κ1) is 16.2. The van der Waals surface area contributed by atoms with Gasteiger partial charge >= 0.3 is 0 Å². The standard InChI is InChI=1S/C10H12Br2N6O2S/c1-2-3-18-5-6(9(13)16-18)21(19,20)17-10-8(12)15-7(11)4-14-10/h4-5H,2-3H2,1H3,(H2,13,16)(H,14,17). The number of rotatable bonds is 5. The lowest BCUT2D eigenvalue weighted by atomic mass is 10.5. The lowest BCUT2D eigenvalue weighted by Crippen LogP contribution is -2.15. The second kappa shape index (κ2) is 6.28. The summed E-state index contributed by atoms with van der Waals surface area (Å²) in [4.78, 5) is 7.86. The number of hydrogen-bond acceptors (Lipinski definition) is 6. The molecule has 21 heavy (non-hydrogen) atoms. The van der Waals surface area contributed by atoms with Gasteiger partial charge in [-0.3, -0.25) is 9.40 Å². The molecule has 0 spiro atoms. The average molecular weight is 440 g/mol. The van der Waals surface area contributed by atoms with Crippen LogP contribution < -0.4 is 10.5 Å². The molecule has 2 aromatic rings. The molecule has 0 aliphatic carbocycles. The molecule has 0 fully saturated rings. The lowest BCUT2D eigenvalue weighted by Gasteiger charge is -2.07. The summed E-state index contributed by atoms with van der Waals surface area (Å²) in [5, 5.41) is 3.96. The van der Waals surface area contributed by atoms with Crippen molar-refractivity contribution in [3.63, 3.8) is 0 Å². The Labute approximate surface area is 138 Å². The highest BCUT2D eigenvalue weighted by molar-refractivity contribution is 9.11. The number of anilines is 2. The molecular formula is C10H12Br2N6O2S. The summed E-state index contributed by atoms with van der Waals surface area (Å²) >= 11 is 6.28. The molecule has 0 bridgehead atoms. The third-order valence-electron chi connectivity index (χ3n) is 2.43. The molecule has 0 amide bonds. The Morgan fingerprint density at radius 3 is 2.76 bits per heavy atom. The van der Waals surface area contributed by atoms with Crippen LogP contribution in [0.15, 0.2) is 26.5 Å². The van der Waals surface area contributed by atoms with Crippen LogP contribution in [0, 0.1) is 0 Å². The first-order chi connectivity index (χ1) is 9.83. The third-order valence-corrected chi connectivity index (χ3v) is 4.72. The molecule has 0 aliphatic rings. The summed E-state index contributed by atoms with van der Waals surface area (Å²) in [6.07, 6.45) is 3.59. The molecule has 2 rings (SSSR count). The van der Waals surface area contributed by atoms with Crippen LogP contribution in [-0.4, -0.2) is 28.2 Å². The van der Waals surface area contributed by atoms with E-state index in [4.69, 9.17) is 5.73 Å². The zero-order valence-electron chi connectivity index (χ0n) is 10.9. The zero-order valence-corrected chi connectivity index (χ0v) is 14.9. The zero-order chi connectivity index (χ0) is 15.6. The van der Waals surface area contributed by atoms with Crippen LogP contribution in [0.4, 0.5) is 11.6 Å². The molecule has 0 atom stereocenters. The smallest absolute Gasteiger partial charge is 0.268 e. The van der Waals surface area contributed by atoms with Crippen molar-refractivity contribution in [1.29, 1.82) is 0 Å². The Bertz CT molecular complexity index is 761. The fourth-order valence-corrected chi connectivity index (χ4v) is 3.70. The molecule has 0 saturated carbocycles. The van der Waals surface area contributed by atoms with Crippen molar-refractivity contribution in [2.24, 2.45) is 0 Å². The number of nitrogen functional groups attached to an aromatic ring is 1. The Morgan fingerprint density at radius 1 is 1.43 bits per heavy atom. The van der Waals surface area contributed by atoms with E-state index in [-0.39, 0.29) is 21.1 Å². The fraction of sp³-hybridized carbons (Fsp3) is 0.300. The normalized spacial score (nSPS) is 11.6. The van der Waals surface area contributed by atoms with Crippen LogP contribution in [0.25, 0.3) is 0 Å². The van der Waals surface area contributed by atoms with Gasteiger partial charge in [-0.2, -0.15) is 5.10 Å². The van der Waals surface area contributed by atoms with Gasteiger partial charge in [-0.1, -0.05) is 6.92 Å². The number of nitrogens with one attached hydrogen (secondary N) is 1. The van der Waals surface area contributed by atoms with Gasteiger partial charge in [-0.25, -0.2) is 18.4 Å². The number of sulfonamides is 1. The summed E-state index contributed by atoms with van der Waals surface area (Å²) in [7, 11) is -3.88. The highest BCUT2D eigenvalue weighted by Crippen LogP contribution is 2.24. The van der Waals surface area contributed by atoms with Gasteiger partial charge in [0, 0.05) is 12.7 Å². The maximum absolute atomic E-state index is 12.3. The van der Waals surface area contributed by atoms with E-state index in [1.165, 1.54) is 17.1 Å². The fourth-order valence-electron chi connectivity index (χ4n) is 1.57. The average Bonchev–Trinajstić information content (AvgIpc) is 2.75. The second-order valence-corrected chi connectivity index (χ2v) is 7.29. The topological polar surface area (TPSA) is 116 Å². The minimum atomic E-state index is -3.88.